The molecule has 88 valence electrons. The van der Waals surface area contributed by atoms with Crippen molar-refractivity contribution in [2.24, 2.45) is 5.92 Å². The van der Waals surface area contributed by atoms with Crippen molar-refractivity contribution >= 4 is 0 Å². The fourth-order valence-corrected chi connectivity index (χ4v) is 2.53. The lowest BCUT2D eigenvalue weighted by atomic mass is 9.87. The van der Waals surface area contributed by atoms with Crippen LogP contribution in [0.15, 0.2) is 30.3 Å². The van der Waals surface area contributed by atoms with E-state index in [0.29, 0.717) is 0 Å². The lowest BCUT2D eigenvalue weighted by Gasteiger charge is -2.27. The van der Waals surface area contributed by atoms with Crippen LogP contribution in [0.4, 0.5) is 0 Å². The highest BCUT2D eigenvalue weighted by molar-refractivity contribution is 5.14. The molecule has 0 spiro atoms. The Morgan fingerprint density at radius 3 is 2.44 bits per heavy atom. The summed E-state index contributed by atoms with van der Waals surface area (Å²) in [6, 6.07) is 11.5. The first-order valence-corrected chi connectivity index (χ1v) is 6.62. The van der Waals surface area contributed by atoms with Gasteiger partial charge in [0.2, 0.25) is 0 Å². The molecule has 0 saturated heterocycles. The topological polar surface area (TPSA) is 12.0 Å². The number of hydrogen-bond acceptors (Lipinski definition) is 1. The Kier molecular flexibility index (Phi) is 4.41. The summed E-state index contributed by atoms with van der Waals surface area (Å²) < 4.78 is 0. The summed E-state index contributed by atoms with van der Waals surface area (Å²) in [7, 11) is 0. The highest BCUT2D eigenvalue weighted by Gasteiger charge is 2.16. The third kappa shape index (κ3) is 3.64. The molecule has 0 aliphatic heterocycles. The normalized spacial score (nSPS) is 25.6. The molecule has 0 heterocycles. The molecule has 1 fully saturated rings. The monoisotopic (exact) mass is 217 g/mol. The van der Waals surface area contributed by atoms with Crippen LogP contribution in [0.5, 0.6) is 0 Å². The maximum atomic E-state index is 3.69. The Hall–Kier alpha value is -0.820. The van der Waals surface area contributed by atoms with Crippen molar-refractivity contribution in [3.63, 3.8) is 0 Å². The maximum Gasteiger partial charge on any atom is 0.00673 e. The second kappa shape index (κ2) is 6.05. The Morgan fingerprint density at radius 2 is 1.75 bits per heavy atom. The van der Waals surface area contributed by atoms with Gasteiger partial charge in [-0.1, -0.05) is 37.3 Å². The minimum absolute atomic E-state index is 0.778. The standard InChI is InChI=1S/C15H23N/c1-13-7-9-15(10-8-13)16-12-11-14-5-3-2-4-6-14/h2-6,13,15-16H,7-12H2,1H3/t13-,15-. The number of rotatable bonds is 4. The summed E-state index contributed by atoms with van der Waals surface area (Å²) in [5, 5.41) is 3.69. The molecule has 0 amide bonds. The van der Waals surface area contributed by atoms with E-state index in [-0.39, 0.29) is 0 Å². The first-order valence-electron chi connectivity index (χ1n) is 6.62. The fourth-order valence-electron chi connectivity index (χ4n) is 2.53. The quantitative estimate of drug-likeness (QED) is 0.815. The number of hydrogen-bond donors (Lipinski definition) is 1. The Balaban J connectivity index is 1.65. The largest absolute Gasteiger partial charge is 0.314 e. The highest BCUT2D eigenvalue weighted by atomic mass is 14.9. The van der Waals surface area contributed by atoms with Crippen LogP contribution in [0.3, 0.4) is 0 Å². The molecule has 1 aromatic rings. The van der Waals surface area contributed by atoms with Crippen LogP contribution < -0.4 is 5.32 Å². The second-order valence-corrected chi connectivity index (χ2v) is 5.15. The van der Waals surface area contributed by atoms with Crippen LogP contribution in [0.1, 0.15) is 38.2 Å². The highest BCUT2D eigenvalue weighted by Crippen LogP contribution is 2.23. The van der Waals surface area contributed by atoms with Gasteiger partial charge >= 0.3 is 0 Å². The van der Waals surface area contributed by atoms with Crippen molar-refractivity contribution in [3.05, 3.63) is 35.9 Å². The van der Waals surface area contributed by atoms with E-state index in [4.69, 9.17) is 0 Å². The third-order valence-electron chi connectivity index (χ3n) is 3.71. The average molecular weight is 217 g/mol. The smallest absolute Gasteiger partial charge is 0.00673 e. The molecule has 1 N–H and O–H groups in total. The van der Waals surface area contributed by atoms with Gasteiger partial charge in [0.1, 0.15) is 0 Å². The van der Waals surface area contributed by atoms with Gasteiger partial charge in [-0.3, -0.25) is 0 Å². The fraction of sp³-hybridized carbons (Fsp3) is 0.600. The molecule has 1 aliphatic carbocycles. The molecule has 1 heteroatoms. The van der Waals surface area contributed by atoms with Gasteiger partial charge in [0.25, 0.3) is 0 Å². The number of benzene rings is 1. The molecule has 1 aliphatic rings. The molecule has 0 radical (unpaired) electrons. The lowest BCUT2D eigenvalue weighted by Crippen LogP contribution is -2.34. The van der Waals surface area contributed by atoms with Gasteiger partial charge in [-0.2, -0.15) is 0 Å². The zero-order valence-electron chi connectivity index (χ0n) is 10.3. The zero-order chi connectivity index (χ0) is 11.2. The van der Waals surface area contributed by atoms with Crippen molar-refractivity contribution in [2.75, 3.05) is 6.54 Å². The number of nitrogens with one attached hydrogen (secondary N) is 1. The third-order valence-corrected chi connectivity index (χ3v) is 3.71. The van der Waals surface area contributed by atoms with E-state index >= 15 is 0 Å². The summed E-state index contributed by atoms with van der Waals surface area (Å²) in [5.74, 6) is 0.951. The summed E-state index contributed by atoms with van der Waals surface area (Å²) in [5.41, 5.74) is 1.44. The van der Waals surface area contributed by atoms with Gasteiger partial charge in [0.05, 0.1) is 0 Å². The van der Waals surface area contributed by atoms with Crippen molar-refractivity contribution in [3.8, 4) is 0 Å². The molecular weight excluding hydrogens is 194 g/mol. The van der Waals surface area contributed by atoms with E-state index in [1.54, 1.807) is 0 Å². The van der Waals surface area contributed by atoms with Crippen LogP contribution in [0.25, 0.3) is 0 Å². The molecule has 1 saturated carbocycles. The van der Waals surface area contributed by atoms with Crippen LogP contribution in [0, 0.1) is 5.92 Å². The summed E-state index contributed by atoms with van der Waals surface area (Å²) >= 11 is 0. The first kappa shape index (κ1) is 11.7. The van der Waals surface area contributed by atoms with Gasteiger partial charge in [0, 0.05) is 6.04 Å². The van der Waals surface area contributed by atoms with Crippen LogP contribution in [-0.2, 0) is 6.42 Å². The van der Waals surface area contributed by atoms with E-state index < -0.39 is 0 Å². The van der Waals surface area contributed by atoms with Crippen LogP contribution in [-0.4, -0.2) is 12.6 Å². The molecule has 16 heavy (non-hydrogen) atoms. The van der Waals surface area contributed by atoms with E-state index in [1.807, 2.05) is 0 Å². The van der Waals surface area contributed by atoms with Crippen molar-refractivity contribution < 1.29 is 0 Å². The van der Waals surface area contributed by atoms with E-state index in [1.165, 1.54) is 31.2 Å². The van der Waals surface area contributed by atoms with E-state index in [0.717, 1.165) is 24.9 Å². The Bertz CT molecular complexity index is 286. The SMILES string of the molecule is C[C@H]1CC[C@H](NCCc2ccccc2)CC1. The van der Waals surface area contributed by atoms with Gasteiger partial charge in [-0.25, -0.2) is 0 Å². The van der Waals surface area contributed by atoms with Crippen molar-refractivity contribution in [1.29, 1.82) is 0 Å². The molecule has 0 unspecified atom stereocenters. The van der Waals surface area contributed by atoms with Crippen LogP contribution >= 0.6 is 0 Å². The minimum Gasteiger partial charge on any atom is -0.314 e. The zero-order valence-corrected chi connectivity index (χ0v) is 10.3. The van der Waals surface area contributed by atoms with Crippen molar-refractivity contribution in [1.82, 2.24) is 5.32 Å². The molecule has 1 nitrogen and oxygen atoms in total. The minimum atomic E-state index is 0.778. The molecular formula is C15H23N. The maximum absolute atomic E-state index is 3.69. The van der Waals surface area contributed by atoms with Crippen molar-refractivity contribution in [2.45, 2.75) is 45.1 Å². The first-order chi connectivity index (χ1) is 7.84. The molecule has 0 aromatic heterocycles. The molecule has 1 aromatic carbocycles. The summed E-state index contributed by atoms with van der Waals surface area (Å²) in [6.45, 7) is 3.50. The molecule has 0 atom stereocenters. The predicted octanol–water partition coefficient (Wildman–Crippen LogP) is 3.40. The summed E-state index contributed by atoms with van der Waals surface area (Å²) in [6.07, 6.45) is 6.71. The Labute approximate surface area is 99.3 Å². The lowest BCUT2D eigenvalue weighted by molar-refractivity contribution is 0.309. The van der Waals surface area contributed by atoms with Gasteiger partial charge < -0.3 is 5.32 Å². The van der Waals surface area contributed by atoms with E-state index in [2.05, 4.69) is 42.6 Å². The predicted molar refractivity (Wildman–Crippen MR) is 69.6 cm³/mol. The molecule has 2 rings (SSSR count). The van der Waals surface area contributed by atoms with Gasteiger partial charge in [-0.15, -0.1) is 0 Å². The summed E-state index contributed by atoms with van der Waals surface area (Å²) in [4.78, 5) is 0. The second-order valence-electron chi connectivity index (χ2n) is 5.15. The molecule has 0 bridgehead atoms. The van der Waals surface area contributed by atoms with Gasteiger partial charge in [0.15, 0.2) is 0 Å². The van der Waals surface area contributed by atoms with Gasteiger partial charge in [-0.05, 0) is 50.1 Å². The van der Waals surface area contributed by atoms with E-state index in [9.17, 15) is 0 Å². The van der Waals surface area contributed by atoms with Crippen LogP contribution in [0.2, 0.25) is 0 Å². The average Bonchev–Trinajstić information content (AvgIpc) is 2.33. The Morgan fingerprint density at radius 1 is 1.06 bits per heavy atom.